The maximum absolute atomic E-state index is 11.5. The van der Waals surface area contributed by atoms with E-state index >= 15 is 0 Å². The highest BCUT2D eigenvalue weighted by molar-refractivity contribution is 5.66. The van der Waals surface area contributed by atoms with E-state index < -0.39 is 11.9 Å². The normalized spacial score (nSPS) is 16.3. The smallest absolute Gasteiger partial charge is 0.303 e. The molecule has 0 heterocycles. The fraction of sp³-hybridized carbons (Fsp3) is 0.964. The number of carboxylic acid groups (broad SMARTS) is 1. The molecule has 0 bridgehead atoms. The zero-order valence-electron chi connectivity index (χ0n) is 22.8. The molecule has 0 amide bonds. The topological polar surface area (TPSA) is 65.0 Å². The highest BCUT2D eigenvalue weighted by atomic mass is 16.9. The van der Waals surface area contributed by atoms with Gasteiger partial charge in [0.1, 0.15) is 0 Å². The van der Waals surface area contributed by atoms with Gasteiger partial charge < -0.3 is 19.3 Å². The lowest BCUT2D eigenvalue weighted by atomic mass is 10.00. The standard InChI is InChI=1S/C28H56O5/c1-7-13-16-24(10-4)21-31-28(20-19-27(29)30,32-22-25(11-5)17-14-8-2)33-23-26(12-6)18-15-9-3/h24-26H,7-23H2,1-6H3,(H,29,30). The molecule has 0 aromatic rings. The predicted octanol–water partition coefficient (Wildman–Crippen LogP) is 8.20. The van der Waals surface area contributed by atoms with Crippen LogP contribution in [0.3, 0.4) is 0 Å². The number of unbranched alkanes of at least 4 members (excludes halogenated alkanes) is 3. The van der Waals surface area contributed by atoms with E-state index in [0.29, 0.717) is 37.6 Å². The monoisotopic (exact) mass is 472 g/mol. The van der Waals surface area contributed by atoms with E-state index in [1.807, 2.05) is 0 Å². The molecule has 5 nitrogen and oxygen atoms in total. The molecule has 33 heavy (non-hydrogen) atoms. The van der Waals surface area contributed by atoms with Crippen LogP contribution in [0.2, 0.25) is 0 Å². The second kappa shape index (κ2) is 20.7. The lowest BCUT2D eigenvalue weighted by Crippen LogP contribution is -2.43. The molecule has 3 unspecified atom stereocenters. The molecule has 0 fully saturated rings. The Kier molecular flexibility index (Phi) is 20.3. The zero-order valence-corrected chi connectivity index (χ0v) is 22.8. The third-order valence-corrected chi connectivity index (χ3v) is 6.89. The van der Waals surface area contributed by atoms with E-state index in [1.165, 1.54) is 38.5 Å². The Balaban J connectivity index is 5.53. The number of carbonyl (C=O) groups is 1. The number of rotatable bonds is 24. The van der Waals surface area contributed by atoms with Crippen molar-refractivity contribution >= 4 is 5.97 Å². The van der Waals surface area contributed by atoms with Gasteiger partial charge in [0.25, 0.3) is 5.97 Å². The Morgan fingerprint density at radius 2 is 1.00 bits per heavy atom. The van der Waals surface area contributed by atoms with Gasteiger partial charge in [-0.1, -0.05) is 99.3 Å². The molecule has 0 rings (SSSR count). The Bertz CT molecular complexity index is 403. The van der Waals surface area contributed by atoms with Crippen LogP contribution in [0.15, 0.2) is 0 Å². The molecule has 3 atom stereocenters. The number of hydrogen-bond donors (Lipinski definition) is 1. The van der Waals surface area contributed by atoms with E-state index in [1.54, 1.807) is 0 Å². The molecule has 0 saturated carbocycles. The van der Waals surface area contributed by atoms with Crippen molar-refractivity contribution < 1.29 is 24.1 Å². The Labute approximate surface area is 205 Å². The van der Waals surface area contributed by atoms with Crippen LogP contribution in [0.5, 0.6) is 0 Å². The van der Waals surface area contributed by atoms with Crippen molar-refractivity contribution in [1.82, 2.24) is 0 Å². The van der Waals surface area contributed by atoms with E-state index in [4.69, 9.17) is 14.2 Å². The van der Waals surface area contributed by atoms with Crippen LogP contribution in [0.1, 0.15) is 131 Å². The molecule has 0 radical (unpaired) electrons. The molecule has 0 aliphatic heterocycles. The summed E-state index contributed by atoms with van der Waals surface area (Å²) in [4.78, 5) is 11.5. The fourth-order valence-corrected chi connectivity index (χ4v) is 4.03. The maximum Gasteiger partial charge on any atom is 0.303 e. The molecule has 0 aliphatic rings. The lowest BCUT2D eigenvalue weighted by molar-refractivity contribution is -0.391. The number of carboxylic acids is 1. The van der Waals surface area contributed by atoms with Gasteiger partial charge in [-0.25, -0.2) is 0 Å². The third kappa shape index (κ3) is 15.8. The lowest BCUT2D eigenvalue weighted by Gasteiger charge is -2.36. The Morgan fingerprint density at radius 3 is 1.24 bits per heavy atom. The van der Waals surface area contributed by atoms with Gasteiger partial charge in [0.05, 0.1) is 26.2 Å². The van der Waals surface area contributed by atoms with Crippen LogP contribution in [0, 0.1) is 17.8 Å². The van der Waals surface area contributed by atoms with Gasteiger partial charge in [-0.2, -0.15) is 0 Å². The molecule has 1 N–H and O–H groups in total. The fourth-order valence-electron chi connectivity index (χ4n) is 4.03. The number of aliphatic carboxylic acids is 1. The highest BCUT2D eigenvalue weighted by Crippen LogP contribution is 2.29. The minimum absolute atomic E-state index is 0.0245. The first kappa shape index (κ1) is 32.4. The summed E-state index contributed by atoms with van der Waals surface area (Å²) in [7, 11) is 0. The molecule has 0 aliphatic carbocycles. The molecular weight excluding hydrogens is 416 g/mol. The van der Waals surface area contributed by atoms with E-state index in [0.717, 1.165) is 38.5 Å². The molecule has 5 heteroatoms. The average Bonchev–Trinajstić information content (AvgIpc) is 2.82. The predicted molar refractivity (Wildman–Crippen MR) is 137 cm³/mol. The summed E-state index contributed by atoms with van der Waals surface area (Å²) < 4.78 is 19.3. The molecule has 198 valence electrons. The summed E-state index contributed by atoms with van der Waals surface area (Å²) in [6.07, 6.45) is 13.7. The first-order chi connectivity index (χ1) is 15.9. The second-order valence-corrected chi connectivity index (χ2v) is 9.76. The molecule has 0 aromatic carbocycles. The van der Waals surface area contributed by atoms with Crippen molar-refractivity contribution in [2.45, 2.75) is 137 Å². The van der Waals surface area contributed by atoms with Gasteiger partial charge in [0.15, 0.2) is 0 Å². The van der Waals surface area contributed by atoms with Crippen LogP contribution in [-0.2, 0) is 19.0 Å². The van der Waals surface area contributed by atoms with Gasteiger partial charge >= 0.3 is 5.97 Å². The molecule has 0 spiro atoms. The Morgan fingerprint density at radius 1 is 0.667 bits per heavy atom. The van der Waals surface area contributed by atoms with Gasteiger partial charge in [-0.15, -0.1) is 0 Å². The summed E-state index contributed by atoms with van der Waals surface area (Å²) in [5.41, 5.74) is 0. The van der Waals surface area contributed by atoms with Crippen molar-refractivity contribution in [2.24, 2.45) is 17.8 Å². The maximum atomic E-state index is 11.5. The van der Waals surface area contributed by atoms with Crippen molar-refractivity contribution in [2.75, 3.05) is 19.8 Å². The van der Waals surface area contributed by atoms with Crippen LogP contribution in [0.4, 0.5) is 0 Å². The van der Waals surface area contributed by atoms with Crippen LogP contribution >= 0.6 is 0 Å². The largest absolute Gasteiger partial charge is 0.481 e. The molecule has 0 saturated heterocycles. The second-order valence-electron chi connectivity index (χ2n) is 9.76. The zero-order chi connectivity index (χ0) is 25.0. The van der Waals surface area contributed by atoms with Crippen LogP contribution in [0.25, 0.3) is 0 Å². The molecular formula is C28H56O5. The first-order valence-corrected chi connectivity index (χ1v) is 14.0. The van der Waals surface area contributed by atoms with Crippen molar-refractivity contribution in [3.05, 3.63) is 0 Å². The van der Waals surface area contributed by atoms with Gasteiger partial charge in [0.2, 0.25) is 0 Å². The number of ether oxygens (including phenoxy) is 3. The molecule has 0 aromatic heterocycles. The van der Waals surface area contributed by atoms with Crippen molar-refractivity contribution in [3.8, 4) is 0 Å². The van der Waals surface area contributed by atoms with Crippen LogP contribution in [-0.4, -0.2) is 36.9 Å². The van der Waals surface area contributed by atoms with Gasteiger partial charge in [-0.05, 0) is 37.0 Å². The quantitative estimate of drug-likeness (QED) is 0.143. The minimum Gasteiger partial charge on any atom is -0.481 e. The van der Waals surface area contributed by atoms with E-state index in [2.05, 4.69) is 41.5 Å². The van der Waals surface area contributed by atoms with Crippen LogP contribution < -0.4 is 0 Å². The van der Waals surface area contributed by atoms with E-state index in [-0.39, 0.29) is 12.8 Å². The highest BCUT2D eigenvalue weighted by Gasteiger charge is 2.36. The minimum atomic E-state index is -1.27. The van der Waals surface area contributed by atoms with Gasteiger partial charge in [-0.3, -0.25) is 4.79 Å². The van der Waals surface area contributed by atoms with Gasteiger partial charge in [0, 0.05) is 6.42 Å². The SMILES string of the molecule is CCCCC(CC)COC(CCC(=O)O)(OCC(CC)CCCC)OCC(CC)CCCC. The first-order valence-electron chi connectivity index (χ1n) is 14.0. The summed E-state index contributed by atoms with van der Waals surface area (Å²) in [5, 5.41) is 9.43. The number of hydrogen-bond acceptors (Lipinski definition) is 4. The van der Waals surface area contributed by atoms with Crippen molar-refractivity contribution in [3.63, 3.8) is 0 Å². The third-order valence-electron chi connectivity index (χ3n) is 6.89. The summed E-state index contributed by atoms with van der Waals surface area (Å²) in [6, 6.07) is 0. The average molecular weight is 473 g/mol. The Hall–Kier alpha value is -0.650. The summed E-state index contributed by atoms with van der Waals surface area (Å²) in [5.74, 6) is -0.803. The van der Waals surface area contributed by atoms with Crippen molar-refractivity contribution in [1.29, 1.82) is 0 Å². The summed E-state index contributed by atoms with van der Waals surface area (Å²) in [6.45, 7) is 14.9. The summed E-state index contributed by atoms with van der Waals surface area (Å²) >= 11 is 0. The van der Waals surface area contributed by atoms with E-state index in [9.17, 15) is 9.90 Å².